The van der Waals surface area contributed by atoms with Crippen molar-refractivity contribution in [3.05, 3.63) is 70.5 Å². The predicted octanol–water partition coefficient (Wildman–Crippen LogP) is 2.88. The Kier molecular flexibility index (Phi) is 2.03. The number of benzene rings is 2. The smallest absolute Gasteiger partial charge is 0.255 e. The molecular formula is C16H11NO2. The highest BCUT2D eigenvalue weighted by atomic mass is 16.5. The zero-order valence-electron chi connectivity index (χ0n) is 10.2. The highest BCUT2D eigenvalue weighted by Crippen LogP contribution is 2.25. The van der Waals surface area contributed by atoms with E-state index in [0.29, 0.717) is 6.61 Å². The van der Waals surface area contributed by atoms with E-state index in [1.807, 2.05) is 48.5 Å². The molecule has 0 amide bonds. The van der Waals surface area contributed by atoms with E-state index in [2.05, 4.69) is 0 Å². The first-order valence-electron chi connectivity index (χ1n) is 6.19. The van der Waals surface area contributed by atoms with Crippen LogP contribution in [0.15, 0.2) is 59.4 Å². The fourth-order valence-electron chi connectivity index (χ4n) is 2.52. The molecule has 0 radical (unpaired) electrons. The van der Waals surface area contributed by atoms with E-state index >= 15 is 0 Å². The number of rotatable bonds is 0. The molecule has 1 aromatic heterocycles. The molecule has 0 unspecified atom stereocenters. The van der Waals surface area contributed by atoms with Gasteiger partial charge in [-0.05, 0) is 41.3 Å². The standard InChI is InChI=1S/C16H11NO2/c18-16-7-5-12-4-6-14-9-15(12)17(16)13-3-1-2-11(8-13)10-19-14/h1-9H,10H2. The summed E-state index contributed by atoms with van der Waals surface area (Å²) in [6.07, 6.45) is 0. The average molecular weight is 249 g/mol. The van der Waals surface area contributed by atoms with Gasteiger partial charge in [0.25, 0.3) is 5.56 Å². The van der Waals surface area contributed by atoms with Gasteiger partial charge in [0.2, 0.25) is 0 Å². The largest absolute Gasteiger partial charge is 0.489 e. The number of hydrogen-bond donors (Lipinski definition) is 0. The van der Waals surface area contributed by atoms with Crippen LogP contribution in [0, 0.1) is 0 Å². The SMILES string of the molecule is O=c1ccc2ccc3cc2n1-c1cccc(c1)CO3. The summed E-state index contributed by atoms with van der Waals surface area (Å²) in [7, 11) is 0. The van der Waals surface area contributed by atoms with Gasteiger partial charge in [-0.2, -0.15) is 0 Å². The molecule has 2 aromatic carbocycles. The maximum absolute atomic E-state index is 12.2. The van der Waals surface area contributed by atoms with Crippen molar-refractivity contribution in [1.29, 1.82) is 0 Å². The van der Waals surface area contributed by atoms with Crippen LogP contribution < -0.4 is 10.3 Å². The Balaban J connectivity index is 2.22. The van der Waals surface area contributed by atoms with Crippen LogP contribution in [0.1, 0.15) is 5.56 Å². The molecule has 19 heavy (non-hydrogen) atoms. The Morgan fingerprint density at radius 1 is 1.00 bits per heavy atom. The number of pyridine rings is 1. The molecule has 0 fully saturated rings. The Hall–Kier alpha value is -2.55. The van der Waals surface area contributed by atoms with Gasteiger partial charge in [-0.1, -0.05) is 12.1 Å². The molecule has 0 atom stereocenters. The van der Waals surface area contributed by atoms with Gasteiger partial charge in [0.15, 0.2) is 0 Å². The second-order valence-electron chi connectivity index (χ2n) is 4.69. The Morgan fingerprint density at radius 3 is 2.84 bits per heavy atom. The van der Waals surface area contributed by atoms with Crippen molar-refractivity contribution >= 4 is 10.9 Å². The number of fused-ring (bicyclic) bond motifs is 4. The zero-order valence-corrected chi connectivity index (χ0v) is 10.2. The minimum absolute atomic E-state index is 0.0244. The Morgan fingerprint density at radius 2 is 1.89 bits per heavy atom. The van der Waals surface area contributed by atoms with Gasteiger partial charge in [-0.15, -0.1) is 0 Å². The van der Waals surface area contributed by atoms with E-state index in [0.717, 1.165) is 27.9 Å². The fourth-order valence-corrected chi connectivity index (χ4v) is 2.52. The first kappa shape index (κ1) is 10.4. The summed E-state index contributed by atoms with van der Waals surface area (Å²) < 4.78 is 7.48. The van der Waals surface area contributed by atoms with Gasteiger partial charge in [-0.25, -0.2) is 0 Å². The molecule has 1 aliphatic heterocycles. The van der Waals surface area contributed by atoms with Crippen LogP contribution in [0.25, 0.3) is 16.6 Å². The molecular weight excluding hydrogens is 238 g/mol. The van der Waals surface area contributed by atoms with Crippen LogP contribution in [0.5, 0.6) is 5.75 Å². The molecule has 4 rings (SSSR count). The monoisotopic (exact) mass is 249 g/mol. The van der Waals surface area contributed by atoms with Crippen molar-refractivity contribution in [2.24, 2.45) is 0 Å². The molecule has 3 aromatic rings. The average Bonchev–Trinajstić information content (AvgIpc) is 2.48. The third kappa shape index (κ3) is 1.55. The molecule has 0 saturated heterocycles. The van der Waals surface area contributed by atoms with Gasteiger partial charge in [0, 0.05) is 17.8 Å². The summed E-state index contributed by atoms with van der Waals surface area (Å²) in [5.41, 5.74) is 2.80. The highest BCUT2D eigenvalue weighted by Gasteiger charge is 2.10. The van der Waals surface area contributed by atoms with E-state index in [-0.39, 0.29) is 5.56 Å². The molecule has 92 valence electrons. The van der Waals surface area contributed by atoms with Crippen LogP contribution in [-0.2, 0) is 6.61 Å². The molecule has 2 heterocycles. The van der Waals surface area contributed by atoms with Crippen molar-refractivity contribution in [1.82, 2.24) is 4.57 Å². The highest BCUT2D eigenvalue weighted by molar-refractivity contribution is 5.82. The van der Waals surface area contributed by atoms with Crippen molar-refractivity contribution in [2.45, 2.75) is 6.61 Å². The number of hydrogen-bond acceptors (Lipinski definition) is 2. The normalized spacial score (nSPS) is 12.6. The molecule has 0 N–H and O–H groups in total. The second kappa shape index (κ2) is 3.72. The third-order valence-electron chi connectivity index (χ3n) is 3.44. The number of aromatic nitrogens is 1. The maximum atomic E-state index is 12.2. The quantitative estimate of drug-likeness (QED) is 0.613. The lowest BCUT2D eigenvalue weighted by Gasteiger charge is -2.09. The molecule has 0 aliphatic carbocycles. The summed E-state index contributed by atoms with van der Waals surface area (Å²) in [4.78, 5) is 12.2. The van der Waals surface area contributed by atoms with Crippen molar-refractivity contribution in [3.8, 4) is 11.4 Å². The predicted molar refractivity (Wildman–Crippen MR) is 73.9 cm³/mol. The lowest BCUT2D eigenvalue weighted by molar-refractivity contribution is 0.307. The Labute approximate surface area is 109 Å². The van der Waals surface area contributed by atoms with Crippen molar-refractivity contribution in [3.63, 3.8) is 0 Å². The van der Waals surface area contributed by atoms with Gasteiger partial charge >= 0.3 is 0 Å². The van der Waals surface area contributed by atoms with Crippen LogP contribution in [0.3, 0.4) is 0 Å². The summed E-state index contributed by atoms with van der Waals surface area (Å²) in [6.45, 7) is 0.516. The van der Waals surface area contributed by atoms with Crippen molar-refractivity contribution < 1.29 is 4.74 Å². The van der Waals surface area contributed by atoms with E-state index in [4.69, 9.17) is 4.74 Å². The summed E-state index contributed by atoms with van der Waals surface area (Å²) in [6, 6.07) is 17.2. The van der Waals surface area contributed by atoms with Crippen LogP contribution in [0.4, 0.5) is 0 Å². The van der Waals surface area contributed by atoms with E-state index in [9.17, 15) is 4.79 Å². The molecule has 3 nitrogen and oxygen atoms in total. The maximum Gasteiger partial charge on any atom is 0.255 e. The molecule has 1 aliphatic rings. The van der Waals surface area contributed by atoms with E-state index in [1.54, 1.807) is 10.6 Å². The van der Waals surface area contributed by atoms with Crippen LogP contribution in [0.2, 0.25) is 0 Å². The van der Waals surface area contributed by atoms with E-state index in [1.165, 1.54) is 0 Å². The van der Waals surface area contributed by atoms with E-state index < -0.39 is 0 Å². The minimum Gasteiger partial charge on any atom is -0.489 e. The van der Waals surface area contributed by atoms with Crippen molar-refractivity contribution in [2.75, 3.05) is 0 Å². The lowest BCUT2D eigenvalue weighted by atomic mass is 10.2. The van der Waals surface area contributed by atoms with Gasteiger partial charge < -0.3 is 4.74 Å². The van der Waals surface area contributed by atoms with Gasteiger partial charge in [-0.3, -0.25) is 9.36 Å². The first-order valence-corrected chi connectivity index (χ1v) is 6.19. The minimum atomic E-state index is -0.0244. The molecule has 0 spiro atoms. The first-order chi connectivity index (χ1) is 9.31. The molecule has 3 heteroatoms. The molecule has 0 saturated carbocycles. The number of nitrogens with zero attached hydrogens (tertiary/aromatic N) is 1. The Bertz CT molecular complexity index is 849. The zero-order chi connectivity index (χ0) is 12.8. The fraction of sp³-hybridized carbons (Fsp3) is 0.0625. The molecule has 4 bridgehead atoms. The lowest BCUT2D eigenvalue weighted by Crippen LogP contribution is -2.17. The van der Waals surface area contributed by atoms with Gasteiger partial charge in [0.05, 0.1) is 5.52 Å². The van der Waals surface area contributed by atoms with Gasteiger partial charge in [0.1, 0.15) is 12.4 Å². The van der Waals surface area contributed by atoms with Crippen LogP contribution >= 0.6 is 0 Å². The third-order valence-corrected chi connectivity index (χ3v) is 3.44. The number of ether oxygens (including phenoxy) is 1. The second-order valence-corrected chi connectivity index (χ2v) is 4.69. The summed E-state index contributed by atoms with van der Waals surface area (Å²) in [5, 5.41) is 1.03. The topological polar surface area (TPSA) is 31.2 Å². The van der Waals surface area contributed by atoms with Crippen LogP contribution in [-0.4, -0.2) is 4.57 Å². The summed E-state index contributed by atoms with van der Waals surface area (Å²) >= 11 is 0. The summed E-state index contributed by atoms with van der Waals surface area (Å²) in [5.74, 6) is 0.786.